The number of benzene rings is 1. The van der Waals surface area contributed by atoms with Crippen molar-refractivity contribution in [2.75, 3.05) is 12.4 Å². The van der Waals surface area contributed by atoms with Crippen molar-refractivity contribution in [3.63, 3.8) is 0 Å². The minimum Gasteiger partial charge on any atom is -0.396 e. The van der Waals surface area contributed by atoms with Crippen LogP contribution in [0.2, 0.25) is 0 Å². The number of hydrogen-bond donors (Lipinski definition) is 2. The maximum absolute atomic E-state index is 12.1. The molecule has 19 heavy (non-hydrogen) atoms. The fourth-order valence-electron chi connectivity index (χ4n) is 1.66. The van der Waals surface area contributed by atoms with E-state index in [0.717, 1.165) is 11.3 Å². The molecule has 1 aromatic carbocycles. The number of aliphatic hydroxyl groups is 1. The zero-order valence-corrected chi connectivity index (χ0v) is 11.7. The van der Waals surface area contributed by atoms with Crippen molar-refractivity contribution in [3.05, 3.63) is 29.8 Å². The van der Waals surface area contributed by atoms with Crippen LogP contribution in [0.25, 0.3) is 0 Å². The predicted octanol–water partition coefficient (Wildman–Crippen LogP) is 2.19. The van der Waals surface area contributed by atoms with E-state index < -0.39 is 0 Å². The highest BCUT2D eigenvalue weighted by Crippen LogP contribution is 2.22. The van der Waals surface area contributed by atoms with Gasteiger partial charge in [0.2, 0.25) is 0 Å². The van der Waals surface area contributed by atoms with Crippen molar-refractivity contribution in [1.29, 1.82) is 5.26 Å². The second kappa shape index (κ2) is 8.57. The normalized spacial score (nSPS) is 11.6. The molecule has 0 aliphatic heterocycles. The molecule has 0 spiro atoms. The Morgan fingerprint density at radius 2 is 2.26 bits per heavy atom. The largest absolute Gasteiger partial charge is 0.396 e. The van der Waals surface area contributed by atoms with Gasteiger partial charge in [-0.15, -0.1) is 11.8 Å². The number of nitrogens with one attached hydrogen (secondary N) is 1. The zero-order chi connectivity index (χ0) is 14.1. The Morgan fingerprint density at radius 1 is 1.53 bits per heavy atom. The smallest absolute Gasteiger partial charge is 0.252 e. The van der Waals surface area contributed by atoms with E-state index >= 15 is 0 Å². The molecule has 0 aliphatic rings. The first-order chi connectivity index (χ1) is 9.19. The topological polar surface area (TPSA) is 73.1 Å². The molecule has 0 saturated carbocycles. The number of thioether (sulfide) groups is 1. The summed E-state index contributed by atoms with van der Waals surface area (Å²) in [6.07, 6.45) is 1.42. The van der Waals surface area contributed by atoms with Crippen LogP contribution >= 0.6 is 11.8 Å². The molecule has 1 atom stereocenters. The lowest BCUT2D eigenvalue weighted by atomic mass is 10.1. The number of aliphatic hydroxyl groups excluding tert-OH is 1. The minimum absolute atomic E-state index is 0.0219. The molecular formula is C14H18N2O2S. The van der Waals surface area contributed by atoms with Gasteiger partial charge in [-0.25, -0.2) is 0 Å². The molecule has 0 aromatic heterocycles. The van der Waals surface area contributed by atoms with Gasteiger partial charge in [-0.1, -0.05) is 12.1 Å². The first-order valence-corrected chi connectivity index (χ1v) is 7.18. The van der Waals surface area contributed by atoms with Crippen molar-refractivity contribution < 1.29 is 9.90 Å². The number of amides is 1. The Balaban J connectivity index is 2.68. The third-order valence-electron chi connectivity index (χ3n) is 2.60. The van der Waals surface area contributed by atoms with Crippen LogP contribution in [-0.2, 0) is 0 Å². The molecule has 1 aromatic rings. The quantitative estimate of drug-likeness (QED) is 0.750. The Kier molecular flexibility index (Phi) is 7.01. The van der Waals surface area contributed by atoms with E-state index in [9.17, 15) is 4.79 Å². The van der Waals surface area contributed by atoms with Crippen molar-refractivity contribution >= 4 is 17.7 Å². The summed E-state index contributed by atoms with van der Waals surface area (Å²) < 4.78 is 0. The van der Waals surface area contributed by atoms with E-state index in [1.165, 1.54) is 11.8 Å². The maximum Gasteiger partial charge on any atom is 0.252 e. The number of carbonyl (C=O) groups is 1. The summed E-state index contributed by atoms with van der Waals surface area (Å²) >= 11 is 1.36. The van der Waals surface area contributed by atoms with Gasteiger partial charge in [0.1, 0.15) is 0 Å². The summed E-state index contributed by atoms with van der Waals surface area (Å²) in [5.74, 6) is 0.191. The molecule has 1 amide bonds. The summed E-state index contributed by atoms with van der Waals surface area (Å²) in [5.41, 5.74) is 0.596. The molecule has 102 valence electrons. The predicted molar refractivity (Wildman–Crippen MR) is 76.0 cm³/mol. The highest BCUT2D eigenvalue weighted by Gasteiger charge is 2.13. The molecular weight excluding hydrogens is 260 g/mol. The lowest BCUT2D eigenvalue weighted by Gasteiger charge is -2.14. The van der Waals surface area contributed by atoms with Crippen molar-refractivity contribution in [2.45, 2.75) is 30.7 Å². The summed E-state index contributed by atoms with van der Waals surface area (Å²) in [6.45, 7) is 2.05. The number of rotatable bonds is 7. The Labute approximate surface area is 117 Å². The average Bonchev–Trinajstić information content (AvgIpc) is 2.43. The Hall–Kier alpha value is -1.51. The van der Waals surface area contributed by atoms with E-state index in [4.69, 9.17) is 10.4 Å². The van der Waals surface area contributed by atoms with Gasteiger partial charge in [0.15, 0.2) is 0 Å². The van der Waals surface area contributed by atoms with Crippen LogP contribution < -0.4 is 5.32 Å². The van der Waals surface area contributed by atoms with Crippen molar-refractivity contribution in [2.24, 2.45) is 0 Å². The molecule has 1 unspecified atom stereocenters. The van der Waals surface area contributed by atoms with E-state index in [0.29, 0.717) is 17.7 Å². The fraction of sp³-hybridized carbons (Fsp3) is 0.429. The fourth-order valence-corrected chi connectivity index (χ4v) is 2.37. The monoisotopic (exact) mass is 278 g/mol. The Morgan fingerprint density at radius 3 is 2.95 bits per heavy atom. The van der Waals surface area contributed by atoms with Crippen LogP contribution in [0, 0.1) is 11.3 Å². The molecule has 2 N–H and O–H groups in total. The lowest BCUT2D eigenvalue weighted by molar-refractivity contribution is 0.0933. The SMILES string of the molecule is CC(CCCO)NC(=O)c1ccccc1SCC#N. The molecule has 0 bridgehead atoms. The van der Waals surface area contributed by atoms with Crippen LogP contribution in [0.15, 0.2) is 29.2 Å². The van der Waals surface area contributed by atoms with E-state index in [2.05, 4.69) is 11.4 Å². The van der Waals surface area contributed by atoms with E-state index in [1.54, 1.807) is 6.07 Å². The molecule has 0 aliphatic carbocycles. The molecule has 0 radical (unpaired) electrons. The molecule has 0 fully saturated rings. The third-order valence-corrected chi connectivity index (χ3v) is 3.54. The highest BCUT2D eigenvalue weighted by atomic mass is 32.2. The minimum atomic E-state index is -0.133. The van der Waals surface area contributed by atoms with Crippen LogP contribution in [-0.4, -0.2) is 29.4 Å². The van der Waals surface area contributed by atoms with Gasteiger partial charge in [-0.05, 0) is 31.9 Å². The summed E-state index contributed by atoms with van der Waals surface area (Å²) in [7, 11) is 0. The van der Waals surface area contributed by atoms with Gasteiger partial charge < -0.3 is 10.4 Å². The number of hydrogen-bond acceptors (Lipinski definition) is 4. The summed E-state index contributed by atoms with van der Waals surface area (Å²) in [4.78, 5) is 12.9. The van der Waals surface area contributed by atoms with Crippen molar-refractivity contribution in [1.82, 2.24) is 5.32 Å². The summed E-state index contributed by atoms with van der Waals surface area (Å²) in [6, 6.07) is 9.34. The molecule has 0 saturated heterocycles. The van der Waals surface area contributed by atoms with Crippen LogP contribution in [0.5, 0.6) is 0 Å². The van der Waals surface area contributed by atoms with Gasteiger partial charge in [-0.3, -0.25) is 4.79 Å². The van der Waals surface area contributed by atoms with Crippen LogP contribution in [0.4, 0.5) is 0 Å². The molecule has 4 nitrogen and oxygen atoms in total. The highest BCUT2D eigenvalue weighted by molar-refractivity contribution is 7.99. The molecule has 1 rings (SSSR count). The third kappa shape index (κ3) is 5.33. The average molecular weight is 278 g/mol. The second-order valence-corrected chi connectivity index (χ2v) is 5.20. The molecule has 5 heteroatoms. The maximum atomic E-state index is 12.1. The van der Waals surface area contributed by atoms with Gasteiger partial charge in [0, 0.05) is 17.5 Å². The van der Waals surface area contributed by atoms with Gasteiger partial charge in [0.25, 0.3) is 5.91 Å². The zero-order valence-electron chi connectivity index (χ0n) is 10.9. The number of nitriles is 1. The lowest BCUT2D eigenvalue weighted by Crippen LogP contribution is -2.33. The number of nitrogens with zero attached hydrogens (tertiary/aromatic N) is 1. The van der Waals surface area contributed by atoms with Crippen LogP contribution in [0.1, 0.15) is 30.1 Å². The molecule has 0 heterocycles. The first-order valence-electron chi connectivity index (χ1n) is 6.19. The Bertz CT molecular complexity index is 457. The summed E-state index contributed by atoms with van der Waals surface area (Å²) in [5, 5.41) is 20.3. The van der Waals surface area contributed by atoms with E-state index in [-0.39, 0.29) is 18.6 Å². The standard InChI is InChI=1S/C14H18N2O2S/c1-11(5-4-9-17)16-14(18)12-6-2-3-7-13(12)19-10-8-15/h2-3,6-7,11,17H,4-5,9-10H2,1H3,(H,16,18). The number of carbonyl (C=O) groups excluding carboxylic acids is 1. The van der Waals surface area contributed by atoms with Gasteiger partial charge in [0.05, 0.1) is 17.4 Å². The van der Waals surface area contributed by atoms with E-state index in [1.807, 2.05) is 25.1 Å². The second-order valence-electron chi connectivity index (χ2n) is 4.18. The van der Waals surface area contributed by atoms with Gasteiger partial charge >= 0.3 is 0 Å². The van der Waals surface area contributed by atoms with Crippen molar-refractivity contribution in [3.8, 4) is 6.07 Å². The van der Waals surface area contributed by atoms with Gasteiger partial charge in [-0.2, -0.15) is 5.26 Å². The van der Waals surface area contributed by atoms with Crippen LogP contribution in [0.3, 0.4) is 0 Å². The first kappa shape index (κ1) is 15.5.